The molecule has 0 saturated carbocycles. The molecular formula is C10H11Cl2NO2. The average molecular weight is 248 g/mol. The van der Waals surface area contributed by atoms with Crippen LogP contribution < -0.4 is 5.73 Å². The van der Waals surface area contributed by atoms with Crippen molar-refractivity contribution in [1.29, 1.82) is 0 Å². The number of halogens is 2. The van der Waals surface area contributed by atoms with Crippen LogP contribution in [0.5, 0.6) is 0 Å². The van der Waals surface area contributed by atoms with Crippen molar-refractivity contribution in [3.63, 3.8) is 0 Å². The van der Waals surface area contributed by atoms with Gasteiger partial charge in [0, 0.05) is 7.11 Å². The summed E-state index contributed by atoms with van der Waals surface area (Å²) in [5.41, 5.74) is 5.96. The first-order chi connectivity index (χ1) is 7.06. The number of benzene rings is 1. The zero-order valence-corrected chi connectivity index (χ0v) is 9.68. The number of primary amides is 1. The van der Waals surface area contributed by atoms with Crippen LogP contribution in [0.1, 0.15) is 11.5 Å². The number of carbonyl (C=O) groups is 1. The van der Waals surface area contributed by atoms with E-state index in [4.69, 9.17) is 33.7 Å². The second-order valence-corrected chi connectivity index (χ2v) is 3.90. The maximum Gasteiger partial charge on any atom is 0.227 e. The van der Waals surface area contributed by atoms with Crippen LogP contribution in [0, 0.1) is 0 Å². The van der Waals surface area contributed by atoms with Crippen molar-refractivity contribution in [2.45, 2.75) is 5.92 Å². The Labute approximate surface area is 98.1 Å². The van der Waals surface area contributed by atoms with Gasteiger partial charge in [-0.3, -0.25) is 4.79 Å². The predicted molar refractivity (Wildman–Crippen MR) is 60.3 cm³/mol. The quantitative estimate of drug-likeness (QED) is 0.888. The highest BCUT2D eigenvalue weighted by Crippen LogP contribution is 2.26. The first-order valence-corrected chi connectivity index (χ1v) is 5.05. The monoisotopic (exact) mass is 247 g/mol. The van der Waals surface area contributed by atoms with Crippen molar-refractivity contribution < 1.29 is 9.53 Å². The smallest absolute Gasteiger partial charge is 0.227 e. The molecule has 0 aliphatic heterocycles. The van der Waals surface area contributed by atoms with Crippen molar-refractivity contribution in [1.82, 2.24) is 0 Å². The lowest BCUT2D eigenvalue weighted by molar-refractivity contribution is -0.120. The summed E-state index contributed by atoms with van der Waals surface area (Å²) in [4.78, 5) is 11.2. The van der Waals surface area contributed by atoms with E-state index in [1.165, 1.54) is 7.11 Å². The van der Waals surface area contributed by atoms with Gasteiger partial charge in [-0.1, -0.05) is 29.3 Å². The minimum absolute atomic E-state index is 0.229. The van der Waals surface area contributed by atoms with Gasteiger partial charge in [0.1, 0.15) is 0 Å². The summed E-state index contributed by atoms with van der Waals surface area (Å²) in [6, 6.07) is 4.96. The first-order valence-electron chi connectivity index (χ1n) is 4.29. The van der Waals surface area contributed by atoms with Crippen LogP contribution in [-0.2, 0) is 9.53 Å². The Bertz CT molecular complexity index is 368. The van der Waals surface area contributed by atoms with Gasteiger partial charge >= 0.3 is 0 Å². The fourth-order valence-electron chi connectivity index (χ4n) is 1.24. The Balaban J connectivity index is 3.01. The van der Waals surface area contributed by atoms with Gasteiger partial charge in [0.2, 0.25) is 5.91 Å². The van der Waals surface area contributed by atoms with Gasteiger partial charge in [0.25, 0.3) is 0 Å². The normalized spacial score (nSPS) is 12.5. The molecule has 0 heterocycles. The number of amides is 1. The molecular weight excluding hydrogens is 237 g/mol. The van der Waals surface area contributed by atoms with Crippen molar-refractivity contribution in [3.8, 4) is 0 Å². The molecule has 5 heteroatoms. The molecule has 1 atom stereocenters. The molecule has 0 saturated heterocycles. The van der Waals surface area contributed by atoms with Gasteiger partial charge in [-0.25, -0.2) is 0 Å². The molecule has 1 amide bonds. The van der Waals surface area contributed by atoms with E-state index >= 15 is 0 Å². The maximum absolute atomic E-state index is 11.2. The number of methoxy groups -OCH3 is 1. The second-order valence-electron chi connectivity index (χ2n) is 3.08. The predicted octanol–water partition coefficient (Wildman–Crippen LogP) is 2.21. The molecule has 1 rings (SSSR count). The standard InChI is InChI=1S/C10H11Cl2NO2/c1-15-5-7(10(13)14)6-2-3-8(11)9(12)4-6/h2-4,7H,5H2,1H3,(H2,13,14). The average Bonchev–Trinajstić information content (AvgIpc) is 2.18. The largest absolute Gasteiger partial charge is 0.384 e. The highest BCUT2D eigenvalue weighted by Gasteiger charge is 2.18. The first kappa shape index (κ1) is 12.3. The van der Waals surface area contributed by atoms with Crippen LogP contribution in [0.15, 0.2) is 18.2 Å². The summed E-state index contributed by atoms with van der Waals surface area (Å²) in [5, 5.41) is 0.845. The summed E-state index contributed by atoms with van der Waals surface area (Å²) < 4.78 is 4.91. The minimum Gasteiger partial charge on any atom is -0.384 e. The number of hydrogen-bond acceptors (Lipinski definition) is 2. The third kappa shape index (κ3) is 3.09. The van der Waals surface area contributed by atoms with Gasteiger partial charge in [-0.2, -0.15) is 0 Å². The van der Waals surface area contributed by atoms with Crippen LogP contribution in [0.4, 0.5) is 0 Å². The number of nitrogens with two attached hydrogens (primary N) is 1. The fraction of sp³-hybridized carbons (Fsp3) is 0.300. The van der Waals surface area contributed by atoms with E-state index < -0.39 is 11.8 Å². The van der Waals surface area contributed by atoms with E-state index in [0.717, 1.165) is 0 Å². The molecule has 0 aliphatic carbocycles. The highest BCUT2D eigenvalue weighted by atomic mass is 35.5. The minimum atomic E-state index is -0.496. The molecule has 1 unspecified atom stereocenters. The molecule has 0 bridgehead atoms. The fourth-order valence-corrected chi connectivity index (χ4v) is 1.54. The molecule has 0 fully saturated rings. The summed E-state index contributed by atoms with van der Waals surface area (Å²) >= 11 is 11.6. The zero-order valence-electron chi connectivity index (χ0n) is 8.17. The summed E-state index contributed by atoms with van der Waals surface area (Å²) in [6.45, 7) is 0.229. The lowest BCUT2D eigenvalue weighted by atomic mass is 9.99. The molecule has 3 nitrogen and oxygen atoms in total. The van der Waals surface area contributed by atoms with Gasteiger partial charge in [0.15, 0.2) is 0 Å². The van der Waals surface area contributed by atoms with Crippen LogP contribution in [0.25, 0.3) is 0 Å². The molecule has 15 heavy (non-hydrogen) atoms. The van der Waals surface area contributed by atoms with Crippen molar-refractivity contribution in [3.05, 3.63) is 33.8 Å². The molecule has 1 aromatic rings. The van der Waals surface area contributed by atoms with E-state index in [9.17, 15) is 4.79 Å². The molecule has 1 aromatic carbocycles. The molecule has 0 aliphatic rings. The Morgan fingerprint density at radius 1 is 1.47 bits per heavy atom. The maximum atomic E-state index is 11.2. The van der Waals surface area contributed by atoms with Crippen LogP contribution in [0.3, 0.4) is 0 Å². The molecule has 0 radical (unpaired) electrons. The van der Waals surface area contributed by atoms with E-state index in [1.54, 1.807) is 18.2 Å². The van der Waals surface area contributed by atoms with Crippen molar-refractivity contribution in [2.75, 3.05) is 13.7 Å². The summed E-state index contributed by atoms with van der Waals surface area (Å²) in [6.07, 6.45) is 0. The molecule has 82 valence electrons. The van der Waals surface area contributed by atoms with E-state index in [-0.39, 0.29) is 6.61 Å². The lowest BCUT2D eigenvalue weighted by Gasteiger charge is -2.13. The van der Waals surface area contributed by atoms with Crippen LogP contribution >= 0.6 is 23.2 Å². The summed E-state index contributed by atoms with van der Waals surface area (Å²) in [7, 11) is 1.51. The Hall–Kier alpha value is -0.770. The topological polar surface area (TPSA) is 52.3 Å². The van der Waals surface area contributed by atoms with E-state index in [2.05, 4.69) is 0 Å². The third-order valence-electron chi connectivity index (χ3n) is 2.02. The van der Waals surface area contributed by atoms with Crippen molar-refractivity contribution in [2.24, 2.45) is 5.73 Å². The Morgan fingerprint density at radius 2 is 2.13 bits per heavy atom. The van der Waals surface area contributed by atoms with E-state index in [0.29, 0.717) is 15.6 Å². The van der Waals surface area contributed by atoms with Crippen molar-refractivity contribution >= 4 is 29.1 Å². The van der Waals surface area contributed by atoms with Gasteiger partial charge in [-0.15, -0.1) is 0 Å². The van der Waals surface area contributed by atoms with Gasteiger partial charge < -0.3 is 10.5 Å². The van der Waals surface area contributed by atoms with Gasteiger partial charge in [-0.05, 0) is 17.7 Å². The van der Waals surface area contributed by atoms with E-state index in [1.807, 2.05) is 0 Å². The number of rotatable bonds is 4. The molecule has 0 aromatic heterocycles. The summed E-state index contributed by atoms with van der Waals surface area (Å²) in [5.74, 6) is -0.944. The number of hydrogen-bond donors (Lipinski definition) is 1. The number of carbonyl (C=O) groups excluding carboxylic acids is 1. The highest BCUT2D eigenvalue weighted by molar-refractivity contribution is 6.42. The Kier molecular flexibility index (Phi) is 4.39. The van der Waals surface area contributed by atoms with Crippen LogP contribution in [-0.4, -0.2) is 19.6 Å². The molecule has 0 spiro atoms. The Morgan fingerprint density at radius 3 is 2.60 bits per heavy atom. The zero-order chi connectivity index (χ0) is 11.4. The third-order valence-corrected chi connectivity index (χ3v) is 2.76. The second kappa shape index (κ2) is 5.35. The van der Waals surface area contributed by atoms with Crippen LogP contribution in [0.2, 0.25) is 10.0 Å². The molecule has 2 N–H and O–H groups in total. The number of ether oxygens (including phenoxy) is 1. The lowest BCUT2D eigenvalue weighted by Crippen LogP contribution is -2.25. The SMILES string of the molecule is COCC(C(N)=O)c1ccc(Cl)c(Cl)c1. The van der Waals surface area contributed by atoms with Gasteiger partial charge in [0.05, 0.1) is 22.6 Å².